The number of aromatic nitrogens is 2. The quantitative estimate of drug-likeness (QED) is 0.204. The van der Waals surface area contributed by atoms with Crippen LogP contribution in [0.15, 0.2) is 158 Å². The van der Waals surface area contributed by atoms with Crippen molar-refractivity contribution in [2.24, 2.45) is 0 Å². The van der Waals surface area contributed by atoms with Gasteiger partial charge in [-0.1, -0.05) is 147 Å². The van der Waals surface area contributed by atoms with Crippen molar-refractivity contribution in [2.75, 3.05) is 0 Å². The van der Waals surface area contributed by atoms with Gasteiger partial charge in [-0.2, -0.15) is 0 Å². The predicted octanol–water partition coefficient (Wildman–Crippen LogP) is 11.1. The van der Waals surface area contributed by atoms with Crippen molar-refractivity contribution in [2.45, 2.75) is 19.3 Å². The van der Waals surface area contributed by atoms with Crippen molar-refractivity contribution in [1.29, 1.82) is 0 Å². The van der Waals surface area contributed by atoms with Gasteiger partial charge in [0, 0.05) is 22.1 Å². The van der Waals surface area contributed by atoms with Crippen LogP contribution in [0.1, 0.15) is 25.0 Å². The number of benzene rings is 6. The van der Waals surface area contributed by atoms with Crippen molar-refractivity contribution in [3.63, 3.8) is 0 Å². The number of rotatable bonds is 5. The van der Waals surface area contributed by atoms with Crippen molar-refractivity contribution in [1.82, 2.24) is 9.97 Å². The van der Waals surface area contributed by atoms with E-state index in [0.717, 1.165) is 45.0 Å². The van der Waals surface area contributed by atoms with E-state index < -0.39 is 0 Å². The molecule has 0 aliphatic heterocycles. The molecule has 1 aliphatic carbocycles. The molecule has 0 spiro atoms. The van der Waals surface area contributed by atoms with Gasteiger partial charge >= 0.3 is 0 Å². The zero-order valence-corrected chi connectivity index (χ0v) is 25.4. The van der Waals surface area contributed by atoms with Crippen molar-refractivity contribution >= 4 is 0 Å². The fourth-order valence-corrected chi connectivity index (χ4v) is 6.78. The lowest BCUT2D eigenvalue weighted by Crippen LogP contribution is -2.14. The molecule has 0 bridgehead atoms. The second kappa shape index (κ2) is 10.8. The lowest BCUT2D eigenvalue weighted by Gasteiger charge is -2.21. The number of hydrogen-bond donors (Lipinski definition) is 0. The Morgan fingerprint density at radius 3 is 1.47 bits per heavy atom. The predicted molar refractivity (Wildman–Crippen MR) is 187 cm³/mol. The third-order valence-electron chi connectivity index (χ3n) is 9.09. The van der Waals surface area contributed by atoms with E-state index >= 15 is 0 Å². The Bertz CT molecular complexity index is 2110. The molecular weight excluding hydrogens is 544 g/mol. The fraction of sp³-hybridized carbons (Fsp3) is 0.0698. The Balaban J connectivity index is 1.39. The van der Waals surface area contributed by atoms with E-state index in [0.29, 0.717) is 0 Å². The standard InChI is InChI=1S/C43H32N2/c1-43(2)37-23-13-12-21-35(37)41-36(22-14-24-38(41)43)42-44-39(31-19-10-5-11-20-31)28-40(45-42)34-26-32(29-15-6-3-7-16-29)25-33(27-34)30-17-8-4-9-18-30/h3-28H,1-2H3. The lowest BCUT2D eigenvalue weighted by molar-refractivity contribution is 0.660. The summed E-state index contributed by atoms with van der Waals surface area (Å²) >= 11 is 0. The van der Waals surface area contributed by atoms with Gasteiger partial charge in [-0.3, -0.25) is 0 Å². The highest BCUT2D eigenvalue weighted by atomic mass is 14.9. The Morgan fingerprint density at radius 1 is 0.378 bits per heavy atom. The first kappa shape index (κ1) is 27.0. The first-order chi connectivity index (χ1) is 22.1. The fourth-order valence-electron chi connectivity index (χ4n) is 6.78. The van der Waals surface area contributed by atoms with Crippen LogP contribution in [0.25, 0.3) is 67.3 Å². The molecule has 45 heavy (non-hydrogen) atoms. The summed E-state index contributed by atoms with van der Waals surface area (Å²) in [7, 11) is 0. The van der Waals surface area contributed by atoms with Gasteiger partial charge in [0.15, 0.2) is 5.82 Å². The molecule has 1 aromatic heterocycles. The molecule has 6 aromatic carbocycles. The largest absolute Gasteiger partial charge is 0.228 e. The average Bonchev–Trinajstić information content (AvgIpc) is 3.35. The molecule has 1 heterocycles. The molecule has 0 saturated heterocycles. The summed E-state index contributed by atoms with van der Waals surface area (Å²) in [4.78, 5) is 10.6. The van der Waals surface area contributed by atoms with Gasteiger partial charge in [-0.05, 0) is 68.8 Å². The van der Waals surface area contributed by atoms with E-state index in [9.17, 15) is 0 Å². The number of fused-ring (bicyclic) bond motifs is 3. The maximum atomic E-state index is 5.36. The molecule has 1 aliphatic rings. The summed E-state index contributed by atoms with van der Waals surface area (Å²) in [6.45, 7) is 4.63. The SMILES string of the molecule is CC1(C)c2ccccc2-c2c(-c3nc(-c4ccccc4)cc(-c4cc(-c5ccccc5)cc(-c5ccccc5)c4)n3)cccc21. The van der Waals surface area contributed by atoms with Gasteiger partial charge in [0.2, 0.25) is 0 Å². The minimum atomic E-state index is -0.101. The first-order valence-electron chi connectivity index (χ1n) is 15.5. The van der Waals surface area contributed by atoms with Crippen LogP contribution in [0.5, 0.6) is 0 Å². The monoisotopic (exact) mass is 576 g/mol. The molecule has 8 rings (SSSR count). The van der Waals surface area contributed by atoms with Crippen molar-refractivity contribution in [3.8, 4) is 67.3 Å². The molecule has 7 aromatic rings. The third kappa shape index (κ3) is 4.76. The Kier molecular flexibility index (Phi) is 6.50. The van der Waals surface area contributed by atoms with Crippen LogP contribution in [0.3, 0.4) is 0 Å². The second-order valence-electron chi connectivity index (χ2n) is 12.3. The molecule has 2 nitrogen and oxygen atoms in total. The summed E-state index contributed by atoms with van der Waals surface area (Å²) in [6, 6.07) is 55.9. The molecule has 0 amide bonds. The van der Waals surface area contributed by atoms with E-state index in [2.05, 4.69) is 166 Å². The molecular formula is C43H32N2. The summed E-state index contributed by atoms with van der Waals surface area (Å²) in [5, 5.41) is 0. The number of nitrogens with zero attached hydrogens (tertiary/aromatic N) is 2. The Labute approximate surface area is 264 Å². The minimum Gasteiger partial charge on any atom is -0.228 e. The van der Waals surface area contributed by atoms with Crippen LogP contribution >= 0.6 is 0 Å². The topological polar surface area (TPSA) is 25.8 Å². The minimum absolute atomic E-state index is 0.101. The Hall–Kier alpha value is -5.60. The summed E-state index contributed by atoms with van der Waals surface area (Å²) in [5.41, 5.74) is 14.7. The van der Waals surface area contributed by atoms with E-state index in [4.69, 9.17) is 9.97 Å². The van der Waals surface area contributed by atoms with E-state index in [1.54, 1.807) is 0 Å². The molecule has 214 valence electrons. The zero-order chi connectivity index (χ0) is 30.4. The van der Waals surface area contributed by atoms with Gasteiger partial charge in [0.25, 0.3) is 0 Å². The summed E-state index contributed by atoms with van der Waals surface area (Å²) < 4.78 is 0. The molecule has 0 atom stereocenters. The van der Waals surface area contributed by atoms with Gasteiger partial charge in [0.1, 0.15) is 0 Å². The lowest BCUT2D eigenvalue weighted by atomic mass is 9.82. The highest BCUT2D eigenvalue weighted by Gasteiger charge is 2.37. The third-order valence-corrected chi connectivity index (χ3v) is 9.09. The van der Waals surface area contributed by atoms with Gasteiger partial charge in [0.05, 0.1) is 11.4 Å². The van der Waals surface area contributed by atoms with Gasteiger partial charge in [-0.15, -0.1) is 0 Å². The van der Waals surface area contributed by atoms with E-state index in [-0.39, 0.29) is 5.41 Å². The smallest absolute Gasteiger partial charge is 0.161 e. The van der Waals surface area contributed by atoms with Crippen LogP contribution in [0.4, 0.5) is 0 Å². The van der Waals surface area contributed by atoms with Crippen LogP contribution in [-0.4, -0.2) is 9.97 Å². The average molecular weight is 577 g/mol. The highest BCUT2D eigenvalue weighted by molar-refractivity contribution is 5.92. The molecule has 0 fully saturated rings. The van der Waals surface area contributed by atoms with Crippen molar-refractivity contribution in [3.05, 3.63) is 169 Å². The molecule has 2 heteroatoms. The second-order valence-corrected chi connectivity index (χ2v) is 12.3. The number of hydrogen-bond acceptors (Lipinski definition) is 2. The van der Waals surface area contributed by atoms with Crippen LogP contribution < -0.4 is 0 Å². The van der Waals surface area contributed by atoms with Crippen LogP contribution in [-0.2, 0) is 5.41 Å². The van der Waals surface area contributed by atoms with E-state index in [1.807, 2.05) is 6.07 Å². The first-order valence-corrected chi connectivity index (χ1v) is 15.5. The molecule has 0 N–H and O–H groups in total. The summed E-state index contributed by atoms with van der Waals surface area (Å²) in [5.74, 6) is 0.738. The normalized spacial score (nSPS) is 12.8. The van der Waals surface area contributed by atoms with Crippen LogP contribution in [0, 0.1) is 0 Å². The highest BCUT2D eigenvalue weighted by Crippen LogP contribution is 2.51. The van der Waals surface area contributed by atoms with Crippen LogP contribution in [0.2, 0.25) is 0 Å². The molecule has 0 unspecified atom stereocenters. The zero-order valence-electron chi connectivity index (χ0n) is 25.4. The maximum absolute atomic E-state index is 5.36. The maximum Gasteiger partial charge on any atom is 0.161 e. The van der Waals surface area contributed by atoms with Gasteiger partial charge < -0.3 is 0 Å². The van der Waals surface area contributed by atoms with E-state index in [1.165, 1.54) is 33.4 Å². The summed E-state index contributed by atoms with van der Waals surface area (Å²) in [6.07, 6.45) is 0. The van der Waals surface area contributed by atoms with Gasteiger partial charge in [-0.25, -0.2) is 9.97 Å². The Morgan fingerprint density at radius 2 is 0.844 bits per heavy atom. The molecule has 0 radical (unpaired) electrons. The molecule has 0 saturated carbocycles. The van der Waals surface area contributed by atoms with Crippen molar-refractivity contribution < 1.29 is 0 Å².